The van der Waals surface area contributed by atoms with Crippen LogP contribution < -0.4 is 5.32 Å². The highest BCUT2D eigenvalue weighted by Gasteiger charge is 2.14. The van der Waals surface area contributed by atoms with Gasteiger partial charge < -0.3 is 10.2 Å². The van der Waals surface area contributed by atoms with Gasteiger partial charge in [-0.05, 0) is 37.9 Å². The van der Waals surface area contributed by atoms with Gasteiger partial charge in [0.25, 0.3) is 0 Å². The molecule has 1 unspecified atom stereocenters. The van der Waals surface area contributed by atoms with Crippen molar-refractivity contribution in [1.29, 1.82) is 0 Å². The van der Waals surface area contributed by atoms with Gasteiger partial charge in [-0.3, -0.25) is 4.98 Å². The minimum absolute atomic E-state index is 0.636. The third-order valence-corrected chi connectivity index (χ3v) is 3.48. The Hall–Kier alpha value is -0.800. The molecule has 2 heterocycles. The Morgan fingerprint density at radius 3 is 2.94 bits per heavy atom. The largest absolute Gasteiger partial charge is 0.383 e. The third-order valence-electron chi connectivity index (χ3n) is 3.18. The first-order chi connectivity index (χ1) is 8.25. The summed E-state index contributed by atoms with van der Waals surface area (Å²) in [5.74, 6) is 0.636. The van der Waals surface area contributed by atoms with Crippen LogP contribution >= 0.6 is 11.6 Å². The number of pyridine rings is 1. The van der Waals surface area contributed by atoms with E-state index in [-0.39, 0.29) is 0 Å². The molecule has 0 bridgehead atoms. The Labute approximate surface area is 108 Å². The Balaban J connectivity index is 1.75. The van der Waals surface area contributed by atoms with Crippen molar-refractivity contribution < 1.29 is 0 Å². The molecule has 1 fully saturated rings. The average molecular weight is 254 g/mol. The van der Waals surface area contributed by atoms with Crippen molar-refractivity contribution in [3.63, 3.8) is 0 Å². The molecule has 0 saturated carbocycles. The molecule has 17 heavy (non-hydrogen) atoms. The van der Waals surface area contributed by atoms with E-state index in [0.717, 1.165) is 12.2 Å². The van der Waals surface area contributed by atoms with E-state index in [2.05, 4.69) is 22.1 Å². The van der Waals surface area contributed by atoms with Gasteiger partial charge in [-0.2, -0.15) is 0 Å². The third kappa shape index (κ3) is 3.86. The van der Waals surface area contributed by atoms with Crippen LogP contribution in [-0.4, -0.2) is 36.1 Å². The lowest BCUT2D eigenvalue weighted by atomic mass is 10.1. The summed E-state index contributed by atoms with van der Waals surface area (Å²) in [7, 11) is 0. The summed E-state index contributed by atoms with van der Waals surface area (Å²) in [6.07, 6.45) is 6.15. The highest BCUT2D eigenvalue weighted by atomic mass is 35.5. The van der Waals surface area contributed by atoms with Crippen LogP contribution in [0.2, 0.25) is 5.02 Å². The first-order valence-corrected chi connectivity index (χ1v) is 6.69. The number of halogens is 1. The summed E-state index contributed by atoms with van der Waals surface area (Å²) in [5, 5.41) is 4.08. The molecule has 94 valence electrons. The van der Waals surface area contributed by atoms with E-state index >= 15 is 0 Å². The van der Waals surface area contributed by atoms with Gasteiger partial charge in [0.05, 0.1) is 10.7 Å². The summed E-state index contributed by atoms with van der Waals surface area (Å²) in [6.45, 7) is 6.94. The van der Waals surface area contributed by atoms with Crippen LogP contribution in [0.15, 0.2) is 18.5 Å². The Kier molecular flexibility index (Phi) is 4.63. The van der Waals surface area contributed by atoms with Crippen LogP contribution in [0.4, 0.5) is 5.69 Å². The van der Waals surface area contributed by atoms with Gasteiger partial charge in [-0.15, -0.1) is 0 Å². The predicted molar refractivity (Wildman–Crippen MR) is 72.6 cm³/mol. The second-order valence-corrected chi connectivity index (χ2v) is 5.26. The summed E-state index contributed by atoms with van der Waals surface area (Å²) in [5.41, 5.74) is 0.981. The van der Waals surface area contributed by atoms with Crippen molar-refractivity contribution >= 4 is 17.3 Å². The fourth-order valence-electron chi connectivity index (χ4n) is 2.27. The highest BCUT2D eigenvalue weighted by Crippen LogP contribution is 2.19. The van der Waals surface area contributed by atoms with E-state index in [1.807, 2.05) is 6.07 Å². The number of nitrogens with one attached hydrogen (secondary N) is 1. The van der Waals surface area contributed by atoms with Gasteiger partial charge >= 0.3 is 0 Å². The van der Waals surface area contributed by atoms with Gasteiger partial charge in [0.2, 0.25) is 0 Å². The van der Waals surface area contributed by atoms with E-state index < -0.39 is 0 Å². The first kappa shape index (κ1) is 12.7. The molecule has 1 atom stereocenters. The molecule has 0 spiro atoms. The molecule has 3 nitrogen and oxygen atoms in total. The lowest BCUT2D eigenvalue weighted by Crippen LogP contribution is -2.28. The second-order valence-electron chi connectivity index (χ2n) is 4.85. The maximum atomic E-state index is 6.04. The minimum Gasteiger partial charge on any atom is -0.383 e. The van der Waals surface area contributed by atoms with Crippen molar-refractivity contribution in [2.75, 3.05) is 31.5 Å². The van der Waals surface area contributed by atoms with Gasteiger partial charge in [0.15, 0.2) is 0 Å². The molecule has 0 amide bonds. The summed E-state index contributed by atoms with van der Waals surface area (Å²) in [4.78, 5) is 6.52. The molecular formula is C13H20ClN3. The Bertz CT molecular complexity index is 350. The summed E-state index contributed by atoms with van der Waals surface area (Å²) in [6, 6.07) is 1.92. The second kappa shape index (κ2) is 6.22. The fraction of sp³-hybridized carbons (Fsp3) is 0.615. The van der Waals surface area contributed by atoms with Gasteiger partial charge in [-0.25, -0.2) is 0 Å². The maximum Gasteiger partial charge on any atom is 0.0820 e. The Morgan fingerprint density at radius 2 is 2.24 bits per heavy atom. The van der Waals surface area contributed by atoms with Crippen LogP contribution in [0.5, 0.6) is 0 Å². The van der Waals surface area contributed by atoms with Gasteiger partial charge in [0.1, 0.15) is 0 Å². The number of hydrogen-bond acceptors (Lipinski definition) is 3. The van der Waals surface area contributed by atoms with E-state index in [9.17, 15) is 0 Å². The monoisotopic (exact) mass is 253 g/mol. The van der Waals surface area contributed by atoms with Crippen molar-refractivity contribution in [3.05, 3.63) is 23.5 Å². The lowest BCUT2D eigenvalue weighted by Gasteiger charge is -2.21. The van der Waals surface area contributed by atoms with Crippen LogP contribution in [0.25, 0.3) is 0 Å². The molecule has 0 aliphatic carbocycles. The smallest absolute Gasteiger partial charge is 0.0820 e. The molecule has 1 aliphatic rings. The van der Waals surface area contributed by atoms with Crippen molar-refractivity contribution in [1.82, 2.24) is 9.88 Å². The topological polar surface area (TPSA) is 28.2 Å². The van der Waals surface area contributed by atoms with Crippen LogP contribution in [0, 0.1) is 5.92 Å². The molecule has 1 aromatic heterocycles. The molecular weight excluding hydrogens is 234 g/mol. The van der Waals surface area contributed by atoms with Crippen LogP contribution in [0.3, 0.4) is 0 Å². The SMILES string of the molecule is CC(CNc1ccncc1Cl)CN1CCCC1. The van der Waals surface area contributed by atoms with Crippen LogP contribution in [0.1, 0.15) is 19.8 Å². The molecule has 1 aliphatic heterocycles. The van der Waals surface area contributed by atoms with E-state index in [4.69, 9.17) is 11.6 Å². The lowest BCUT2D eigenvalue weighted by molar-refractivity contribution is 0.294. The van der Waals surface area contributed by atoms with Crippen molar-refractivity contribution in [3.8, 4) is 0 Å². The molecule has 4 heteroatoms. The zero-order valence-corrected chi connectivity index (χ0v) is 11.1. The molecule has 0 aromatic carbocycles. The number of nitrogens with zero attached hydrogens (tertiary/aromatic N) is 2. The van der Waals surface area contributed by atoms with Crippen LogP contribution in [-0.2, 0) is 0 Å². The van der Waals surface area contributed by atoms with Crippen molar-refractivity contribution in [2.24, 2.45) is 5.92 Å². The van der Waals surface area contributed by atoms with Gasteiger partial charge in [-0.1, -0.05) is 18.5 Å². The highest BCUT2D eigenvalue weighted by molar-refractivity contribution is 6.33. The Morgan fingerprint density at radius 1 is 1.47 bits per heavy atom. The average Bonchev–Trinajstić information content (AvgIpc) is 2.81. The zero-order chi connectivity index (χ0) is 12.1. The van der Waals surface area contributed by atoms with E-state index in [1.54, 1.807) is 12.4 Å². The van der Waals surface area contributed by atoms with E-state index in [0.29, 0.717) is 10.9 Å². The summed E-state index contributed by atoms with van der Waals surface area (Å²) >= 11 is 6.04. The molecule has 1 saturated heterocycles. The molecule has 1 N–H and O–H groups in total. The first-order valence-electron chi connectivity index (χ1n) is 6.31. The standard InChI is InChI=1S/C13H20ClN3/c1-11(10-17-6-2-3-7-17)8-16-13-4-5-15-9-12(13)14/h4-5,9,11H,2-3,6-8,10H2,1H3,(H,15,16). The number of hydrogen-bond donors (Lipinski definition) is 1. The molecule has 0 radical (unpaired) electrons. The minimum atomic E-state index is 0.636. The zero-order valence-electron chi connectivity index (χ0n) is 10.3. The summed E-state index contributed by atoms with van der Waals surface area (Å²) < 4.78 is 0. The number of aromatic nitrogens is 1. The fourth-order valence-corrected chi connectivity index (χ4v) is 2.46. The predicted octanol–water partition coefficient (Wildman–Crippen LogP) is 2.88. The molecule has 2 rings (SSSR count). The molecule has 1 aromatic rings. The normalized spacial score (nSPS) is 18.2. The number of rotatable bonds is 5. The maximum absolute atomic E-state index is 6.04. The van der Waals surface area contributed by atoms with Gasteiger partial charge in [0, 0.05) is 25.5 Å². The van der Waals surface area contributed by atoms with Crippen molar-refractivity contribution in [2.45, 2.75) is 19.8 Å². The van der Waals surface area contributed by atoms with E-state index in [1.165, 1.54) is 32.5 Å². The quantitative estimate of drug-likeness (QED) is 0.875. The number of likely N-dealkylation sites (tertiary alicyclic amines) is 1. The number of anilines is 1.